The highest BCUT2D eigenvalue weighted by molar-refractivity contribution is 8.00. The summed E-state index contributed by atoms with van der Waals surface area (Å²) in [6.45, 7) is 7.93. The molecular weight excluding hydrogens is 328 g/mol. The number of nitrogens with zero attached hydrogens (tertiary/aromatic N) is 4. The van der Waals surface area contributed by atoms with Crippen LogP contribution in [-0.4, -0.2) is 19.8 Å². The molecule has 0 N–H and O–H groups in total. The highest BCUT2D eigenvalue weighted by Gasteiger charge is 2.23. The molecule has 0 spiro atoms. The summed E-state index contributed by atoms with van der Waals surface area (Å²) in [7, 11) is 0. The van der Waals surface area contributed by atoms with Gasteiger partial charge in [-0.25, -0.2) is 0 Å². The van der Waals surface area contributed by atoms with Crippen LogP contribution in [0.5, 0.6) is 0 Å². The zero-order chi connectivity index (χ0) is 16.6. The topological polar surface area (TPSA) is 60.2 Å². The van der Waals surface area contributed by atoms with Crippen molar-refractivity contribution in [3.05, 3.63) is 51.4 Å². The average Bonchev–Trinajstić information content (AvgIpc) is 2.88. The SMILES string of the molecule is Cc1cccc(CSc2nn3c(=O)c(C(C)(C)C)nnc3s2)c1. The van der Waals surface area contributed by atoms with Crippen LogP contribution >= 0.6 is 23.1 Å². The van der Waals surface area contributed by atoms with Crippen molar-refractivity contribution in [1.29, 1.82) is 0 Å². The Morgan fingerprint density at radius 3 is 2.74 bits per heavy atom. The molecular formula is C16H18N4OS2. The van der Waals surface area contributed by atoms with Gasteiger partial charge in [0.25, 0.3) is 5.56 Å². The van der Waals surface area contributed by atoms with Gasteiger partial charge in [0.15, 0.2) is 4.34 Å². The number of aromatic nitrogens is 4. The molecule has 0 unspecified atom stereocenters. The zero-order valence-electron chi connectivity index (χ0n) is 13.5. The Labute approximate surface area is 142 Å². The van der Waals surface area contributed by atoms with Crippen LogP contribution in [0.25, 0.3) is 4.96 Å². The van der Waals surface area contributed by atoms with Crippen LogP contribution in [0.1, 0.15) is 37.6 Å². The van der Waals surface area contributed by atoms with E-state index in [-0.39, 0.29) is 11.0 Å². The summed E-state index contributed by atoms with van der Waals surface area (Å²) in [5.41, 5.74) is 2.40. The molecule has 23 heavy (non-hydrogen) atoms. The lowest BCUT2D eigenvalue weighted by Gasteiger charge is -2.14. The molecule has 0 saturated carbocycles. The quantitative estimate of drug-likeness (QED) is 0.680. The third-order valence-corrected chi connectivity index (χ3v) is 5.43. The van der Waals surface area contributed by atoms with Crippen LogP contribution in [0.4, 0.5) is 0 Å². The third kappa shape index (κ3) is 3.45. The van der Waals surface area contributed by atoms with Crippen molar-refractivity contribution >= 4 is 28.1 Å². The first-order valence-electron chi connectivity index (χ1n) is 7.30. The summed E-state index contributed by atoms with van der Waals surface area (Å²) >= 11 is 3.01. The Morgan fingerprint density at radius 2 is 2.04 bits per heavy atom. The number of thioether (sulfide) groups is 1. The fraction of sp³-hybridized carbons (Fsp3) is 0.375. The summed E-state index contributed by atoms with van der Waals surface area (Å²) in [6.07, 6.45) is 0. The normalized spacial score (nSPS) is 12.0. The van der Waals surface area contributed by atoms with Gasteiger partial charge in [0, 0.05) is 11.2 Å². The summed E-state index contributed by atoms with van der Waals surface area (Å²) in [5, 5.41) is 12.7. The lowest BCUT2D eigenvalue weighted by molar-refractivity contribution is 0.541. The zero-order valence-corrected chi connectivity index (χ0v) is 15.2. The number of rotatable bonds is 3. The Balaban J connectivity index is 1.89. The molecule has 0 fully saturated rings. The van der Waals surface area contributed by atoms with E-state index in [9.17, 15) is 4.79 Å². The number of hydrogen-bond acceptors (Lipinski definition) is 6. The van der Waals surface area contributed by atoms with E-state index < -0.39 is 0 Å². The molecule has 1 aromatic carbocycles. The first-order valence-corrected chi connectivity index (χ1v) is 9.10. The molecule has 2 aromatic heterocycles. The first-order chi connectivity index (χ1) is 10.8. The lowest BCUT2D eigenvalue weighted by atomic mass is 9.93. The predicted octanol–water partition coefficient (Wildman–Crippen LogP) is 3.44. The highest BCUT2D eigenvalue weighted by atomic mass is 32.2. The molecule has 3 aromatic rings. The minimum absolute atomic E-state index is 0.179. The largest absolute Gasteiger partial charge is 0.297 e. The van der Waals surface area contributed by atoms with Gasteiger partial charge in [-0.05, 0) is 12.5 Å². The smallest absolute Gasteiger partial charge is 0.265 e. The van der Waals surface area contributed by atoms with Gasteiger partial charge >= 0.3 is 0 Å². The summed E-state index contributed by atoms with van der Waals surface area (Å²) in [4.78, 5) is 13.0. The van der Waals surface area contributed by atoms with Gasteiger partial charge < -0.3 is 0 Å². The van der Waals surface area contributed by atoms with Gasteiger partial charge in [-0.3, -0.25) is 4.79 Å². The van der Waals surface area contributed by atoms with Crippen LogP contribution in [-0.2, 0) is 11.2 Å². The fourth-order valence-corrected chi connectivity index (χ4v) is 3.99. The van der Waals surface area contributed by atoms with E-state index in [2.05, 4.69) is 46.5 Å². The Morgan fingerprint density at radius 1 is 1.26 bits per heavy atom. The van der Waals surface area contributed by atoms with Crippen LogP contribution in [0, 0.1) is 6.92 Å². The second-order valence-corrected chi connectivity index (χ2v) is 8.62. The van der Waals surface area contributed by atoms with Crippen molar-refractivity contribution in [3.63, 3.8) is 0 Å². The van der Waals surface area contributed by atoms with E-state index in [1.165, 1.54) is 27.0 Å². The van der Waals surface area contributed by atoms with Crippen molar-refractivity contribution in [1.82, 2.24) is 19.8 Å². The van der Waals surface area contributed by atoms with Crippen LogP contribution in [0.2, 0.25) is 0 Å². The first kappa shape index (κ1) is 16.1. The van der Waals surface area contributed by atoms with Crippen molar-refractivity contribution in [2.45, 2.75) is 43.2 Å². The molecule has 0 aliphatic rings. The number of fused-ring (bicyclic) bond motifs is 1. The van der Waals surface area contributed by atoms with Gasteiger partial charge in [0.2, 0.25) is 4.96 Å². The summed E-state index contributed by atoms with van der Waals surface area (Å²) < 4.78 is 2.19. The molecule has 0 amide bonds. The molecule has 0 aliphatic heterocycles. The molecule has 0 bridgehead atoms. The van der Waals surface area contributed by atoms with Crippen molar-refractivity contribution < 1.29 is 0 Å². The van der Waals surface area contributed by atoms with Gasteiger partial charge in [0.05, 0.1) is 0 Å². The standard InChI is InChI=1S/C16H18N4OS2/c1-10-6-5-7-11(8-10)9-22-15-19-20-13(21)12(16(2,3)4)17-18-14(20)23-15/h5-8H,9H2,1-4H3. The highest BCUT2D eigenvalue weighted by Crippen LogP contribution is 2.27. The van der Waals surface area contributed by atoms with Crippen molar-refractivity contribution in [3.8, 4) is 0 Å². The maximum atomic E-state index is 12.5. The molecule has 120 valence electrons. The van der Waals surface area contributed by atoms with E-state index >= 15 is 0 Å². The maximum Gasteiger partial charge on any atom is 0.297 e. The van der Waals surface area contributed by atoms with E-state index in [0.717, 1.165) is 10.1 Å². The number of aryl methyl sites for hydroxylation is 1. The predicted molar refractivity (Wildman–Crippen MR) is 94.4 cm³/mol. The summed E-state index contributed by atoms with van der Waals surface area (Å²) in [5.74, 6) is 0.815. The molecule has 2 heterocycles. The Bertz CT molecular complexity index is 908. The number of benzene rings is 1. The van der Waals surface area contributed by atoms with E-state index in [1.54, 1.807) is 11.8 Å². The van der Waals surface area contributed by atoms with E-state index in [1.807, 2.05) is 20.8 Å². The number of hydrogen-bond donors (Lipinski definition) is 0. The molecule has 7 heteroatoms. The van der Waals surface area contributed by atoms with Gasteiger partial charge in [-0.1, -0.05) is 73.7 Å². The van der Waals surface area contributed by atoms with E-state index in [4.69, 9.17) is 0 Å². The second-order valence-electron chi connectivity index (χ2n) is 6.44. The maximum absolute atomic E-state index is 12.5. The van der Waals surface area contributed by atoms with Crippen LogP contribution in [0.3, 0.4) is 0 Å². The van der Waals surface area contributed by atoms with Crippen molar-refractivity contribution in [2.24, 2.45) is 0 Å². The van der Waals surface area contributed by atoms with Crippen molar-refractivity contribution in [2.75, 3.05) is 0 Å². The summed E-state index contributed by atoms with van der Waals surface area (Å²) in [6, 6.07) is 8.38. The Kier molecular flexibility index (Phi) is 4.25. The second kappa shape index (κ2) is 6.05. The molecule has 3 rings (SSSR count). The van der Waals surface area contributed by atoms with Gasteiger partial charge in [-0.2, -0.15) is 4.52 Å². The fourth-order valence-electron chi connectivity index (χ4n) is 2.17. The molecule has 0 radical (unpaired) electrons. The minimum atomic E-state index is -0.343. The minimum Gasteiger partial charge on any atom is -0.265 e. The molecule has 0 atom stereocenters. The third-order valence-electron chi connectivity index (χ3n) is 3.33. The van der Waals surface area contributed by atoms with Crippen LogP contribution in [0.15, 0.2) is 33.4 Å². The van der Waals surface area contributed by atoms with E-state index in [0.29, 0.717) is 10.7 Å². The molecule has 5 nitrogen and oxygen atoms in total. The molecule has 0 saturated heterocycles. The monoisotopic (exact) mass is 346 g/mol. The van der Waals surface area contributed by atoms with Crippen LogP contribution < -0.4 is 5.56 Å². The van der Waals surface area contributed by atoms with Gasteiger partial charge in [0.1, 0.15) is 5.69 Å². The van der Waals surface area contributed by atoms with Gasteiger partial charge in [-0.15, -0.1) is 15.3 Å². The molecule has 0 aliphatic carbocycles. The lowest BCUT2D eigenvalue weighted by Crippen LogP contribution is -2.30. The Hall–Kier alpha value is -1.73. The average molecular weight is 346 g/mol.